The number of hydrogen-bond donors (Lipinski definition) is 0. The van der Waals surface area contributed by atoms with Crippen LogP contribution in [0.2, 0.25) is 5.02 Å². The topological polar surface area (TPSA) is 22.1 Å². The zero-order valence-corrected chi connectivity index (χ0v) is 10.6. The van der Waals surface area contributed by atoms with E-state index in [1.165, 1.54) is 0 Å². The smallest absolute Gasteiger partial charge is 0.142 e. The van der Waals surface area contributed by atoms with Crippen LogP contribution in [-0.2, 0) is 12.5 Å². The Morgan fingerprint density at radius 3 is 2.59 bits per heavy atom. The average molecular weight is 268 g/mol. The van der Waals surface area contributed by atoms with Gasteiger partial charge in [-0.2, -0.15) is 0 Å². The third-order valence-corrected chi connectivity index (χ3v) is 2.86. The van der Waals surface area contributed by atoms with Gasteiger partial charge in [-0.15, -0.1) is 11.6 Å². The van der Waals surface area contributed by atoms with Gasteiger partial charge in [0, 0.05) is 16.8 Å². The van der Waals surface area contributed by atoms with Gasteiger partial charge in [-0.1, -0.05) is 23.7 Å². The van der Waals surface area contributed by atoms with E-state index in [-0.39, 0.29) is 0 Å². The summed E-state index contributed by atoms with van der Waals surface area (Å²) in [6.07, 6.45) is 3.38. The molecule has 88 valence electrons. The van der Waals surface area contributed by atoms with E-state index >= 15 is 0 Å². The number of ether oxygens (including phenoxy) is 1. The summed E-state index contributed by atoms with van der Waals surface area (Å²) >= 11 is 11.6. The molecule has 0 saturated heterocycles. The summed E-state index contributed by atoms with van der Waals surface area (Å²) < 4.78 is 5.66. The van der Waals surface area contributed by atoms with E-state index in [0.717, 1.165) is 21.9 Å². The molecule has 0 radical (unpaired) electrons. The van der Waals surface area contributed by atoms with Crippen molar-refractivity contribution < 1.29 is 4.74 Å². The summed E-state index contributed by atoms with van der Waals surface area (Å²) in [5.41, 5.74) is 1.99. The first-order chi connectivity index (χ1) is 8.29. The summed E-state index contributed by atoms with van der Waals surface area (Å²) in [5, 5.41) is 0.719. The Labute approximate surface area is 110 Å². The van der Waals surface area contributed by atoms with Gasteiger partial charge in [-0.25, -0.2) is 0 Å². The molecule has 0 aliphatic rings. The lowest BCUT2D eigenvalue weighted by molar-refractivity contribution is 0.302. The van der Waals surface area contributed by atoms with Crippen LogP contribution in [0.15, 0.2) is 42.7 Å². The molecule has 2 rings (SSSR count). The second kappa shape index (κ2) is 5.89. The van der Waals surface area contributed by atoms with E-state index in [0.29, 0.717) is 12.5 Å². The SMILES string of the molecule is ClCc1ccncc1OCc1ccc(Cl)cc1. The lowest BCUT2D eigenvalue weighted by Gasteiger charge is -2.09. The number of hydrogen-bond acceptors (Lipinski definition) is 2. The van der Waals surface area contributed by atoms with Crippen molar-refractivity contribution >= 4 is 23.2 Å². The maximum Gasteiger partial charge on any atom is 0.142 e. The Morgan fingerprint density at radius 2 is 1.88 bits per heavy atom. The fourth-order valence-corrected chi connectivity index (χ4v) is 1.74. The Balaban J connectivity index is 2.04. The lowest BCUT2D eigenvalue weighted by atomic mass is 10.2. The van der Waals surface area contributed by atoms with E-state index in [1.54, 1.807) is 12.4 Å². The largest absolute Gasteiger partial charge is 0.487 e. The predicted molar refractivity (Wildman–Crippen MR) is 69.6 cm³/mol. The highest BCUT2D eigenvalue weighted by Gasteiger charge is 2.02. The van der Waals surface area contributed by atoms with Crippen LogP contribution in [0.4, 0.5) is 0 Å². The maximum atomic E-state index is 5.81. The minimum absolute atomic E-state index is 0.415. The van der Waals surface area contributed by atoms with Crippen LogP contribution in [0, 0.1) is 0 Å². The molecule has 0 aliphatic heterocycles. The van der Waals surface area contributed by atoms with Crippen LogP contribution < -0.4 is 4.74 Å². The van der Waals surface area contributed by atoms with E-state index in [4.69, 9.17) is 27.9 Å². The molecule has 1 aromatic heterocycles. The van der Waals surface area contributed by atoms with E-state index < -0.39 is 0 Å². The average Bonchev–Trinajstić information content (AvgIpc) is 2.38. The molecule has 4 heteroatoms. The van der Waals surface area contributed by atoms with Crippen molar-refractivity contribution in [2.75, 3.05) is 0 Å². The molecule has 0 fully saturated rings. The van der Waals surface area contributed by atoms with E-state index in [9.17, 15) is 0 Å². The van der Waals surface area contributed by atoms with E-state index in [2.05, 4.69) is 4.98 Å². The van der Waals surface area contributed by atoms with Crippen LogP contribution in [-0.4, -0.2) is 4.98 Å². The predicted octanol–water partition coefficient (Wildman–Crippen LogP) is 4.05. The summed E-state index contributed by atoms with van der Waals surface area (Å²) in [5.74, 6) is 1.14. The minimum atomic E-state index is 0.415. The quantitative estimate of drug-likeness (QED) is 0.780. The molecule has 0 aliphatic carbocycles. The molecule has 0 bridgehead atoms. The summed E-state index contributed by atoms with van der Waals surface area (Å²) in [6, 6.07) is 9.39. The third kappa shape index (κ3) is 3.35. The molecule has 1 aromatic carbocycles. The first-order valence-corrected chi connectivity index (χ1v) is 6.07. The van der Waals surface area contributed by atoms with Crippen molar-refractivity contribution in [1.82, 2.24) is 4.98 Å². The normalized spacial score (nSPS) is 10.2. The zero-order chi connectivity index (χ0) is 12.1. The molecule has 0 N–H and O–H groups in total. The highest BCUT2D eigenvalue weighted by atomic mass is 35.5. The Kier molecular flexibility index (Phi) is 4.24. The van der Waals surface area contributed by atoms with Crippen LogP contribution in [0.1, 0.15) is 11.1 Å². The zero-order valence-electron chi connectivity index (χ0n) is 9.07. The number of halogens is 2. The third-order valence-electron chi connectivity index (χ3n) is 2.32. The van der Waals surface area contributed by atoms with Crippen molar-refractivity contribution in [1.29, 1.82) is 0 Å². The van der Waals surface area contributed by atoms with Gasteiger partial charge < -0.3 is 4.74 Å². The molecule has 0 amide bonds. The lowest BCUT2D eigenvalue weighted by Crippen LogP contribution is -1.98. The fourth-order valence-electron chi connectivity index (χ4n) is 1.39. The molecule has 2 aromatic rings. The highest BCUT2D eigenvalue weighted by Crippen LogP contribution is 2.20. The molecule has 0 saturated carbocycles. The van der Waals surface area contributed by atoms with Gasteiger partial charge in [0.25, 0.3) is 0 Å². The van der Waals surface area contributed by atoms with Crippen molar-refractivity contribution in [2.45, 2.75) is 12.5 Å². The van der Waals surface area contributed by atoms with Gasteiger partial charge >= 0.3 is 0 Å². The van der Waals surface area contributed by atoms with Crippen LogP contribution in [0.25, 0.3) is 0 Å². The van der Waals surface area contributed by atoms with Crippen molar-refractivity contribution in [2.24, 2.45) is 0 Å². The van der Waals surface area contributed by atoms with E-state index in [1.807, 2.05) is 30.3 Å². The van der Waals surface area contributed by atoms with Gasteiger partial charge in [0.05, 0.1) is 12.1 Å². The van der Waals surface area contributed by atoms with Gasteiger partial charge in [0.2, 0.25) is 0 Å². The molecule has 2 nitrogen and oxygen atoms in total. The molecular formula is C13H11Cl2NO. The number of alkyl halides is 1. The van der Waals surface area contributed by atoms with Gasteiger partial charge in [-0.3, -0.25) is 4.98 Å². The molecule has 1 heterocycles. The highest BCUT2D eigenvalue weighted by molar-refractivity contribution is 6.30. The number of pyridine rings is 1. The first-order valence-electron chi connectivity index (χ1n) is 5.15. The number of rotatable bonds is 4. The second-order valence-corrected chi connectivity index (χ2v) is 4.24. The maximum absolute atomic E-state index is 5.81. The number of aromatic nitrogens is 1. The molecule has 0 unspecified atom stereocenters. The molecule has 17 heavy (non-hydrogen) atoms. The monoisotopic (exact) mass is 267 g/mol. The number of nitrogens with zero attached hydrogens (tertiary/aromatic N) is 1. The Hall–Kier alpha value is -1.25. The molecular weight excluding hydrogens is 257 g/mol. The Morgan fingerprint density at radius 1 is 1.12 bits per heavy atom. The fraction of sp³-hybridized carbons (Fsp3) is 0.154. The molecule has 0 atom stereocenters. The van der Waals surface area contributed by atoms with Crippen LogP contribution in [0.5, 0.6) is 5.75 Å². The first kappa shape index (κ1) is 12.2. The van der Waals surface area contributed by atoms with Gasteiger partial charge in [-0.05, 0) is 23.8 Å². The van der Waals surface area contributed by atoms with Crippen LogP contribution >= 0.6 is 23.2 Å². The second-order valence-electron chi connectivity index (χ2n) is 3.53. The summed E-state index contributed by atoms with van der Waals surface area (Å²) in [4.78, 5) is 4.01. The van der Waals surface area contributed by atoms with Crippen molar-refractivity contribution in [3.05, 3.63) is 58.9 Å². The standard InChI is InChI=1S/C13H11Cl2NO/c14-7-11-5-6-16-8-13(11)17-9-10-1-3-12(15)4-2-10/h1-6,8H,7,9H2. The van der Waals surface area contributed by atoms with Crippen molar-refractivity contribution in [3.8, 4) is 5.75 Å². The number of benzene rings is 1. The summed E-state index contributed by atoms with van der Waals surface area (Å²) in [6.45, 7) is 0.479. The van der Waals surface area contributed by atoms with Gasteiger partial charge in [0.15, 0.2) is 0 Å². The molecule has 0 spiro atoms. The summed E-state index contributed by atoms with van der Waals surface area (Å²) in [7, 11) is 0. The minimum Gasteiger partial charge on any atom is -0.487 e. The Bertz CT molecular complexity index is 485. The van der Waals surface area contributed by atoms with Crippen molar-refractivity contribution in [3.63, 3.8) is 0 Å². The van der Waals surface area contributed by atoms with Gasteiger partial charge in [0.1, 0.15) is 12.4 Å². The van der Waals surface area contributed by atoms with Crippen LogP contribution in [0.3, 0.4) is 0 Å².